The molecular weight excluding hydrogens is 364 g/mol. The van der Waals surface area contributed by atoms with Crippen molar-refractivity contribution in [3.63, 3.8) is 0 Å². The van der Waals surface area contributed by atoms with E-state index in [1.54, 1.807) is 23.1 Å². The van der Waals surface area contributed by atoms with E-state index in [9.17, 15) is 0 Å². The molecule has 2 aromatic heterocycles. The van der Waals surface area contributed by atoms with Crippen LogP contribution in [0.4, 0.5) is 0 Å². The van der Waals surface area contributed by atoms with Crippen LogP contribution in [0.3, 0.4) is 0 Å². The fourth-order valence-electron chi connectivity index (χ4n) is 2.96. The van der Waals surface area contributed by atoms with Gasteiger partial charge in [0, 0.05) is 12.4 Å². The van der Waals surface area contributed by atoms with Gasteiger partial charge in [0.05, 0.1) is 29.2 Å². The summed E-state index contributed by atoms with van der Waals surface area (Å²) in [6, 6.07) is 14.0. The second-order valence-electron chi connectivity index (χ2n) is 6.13. The zero-order valence-corrected chi connectivity index (χ0v) is 15.8. The highest BCUT2D eigenvalue weighted by molar-refractivity contribution is 7.98. The summed E-state index contributed by atoms with van der Waals surface area (Å²) < 4.78 is 8.02. The van der Waals surface area contributed by atoms with E-state index in [1.165, 1.54) is 5.56 Å². The summed E-state index contributed by atoms with van der Waals surface area (Å²) >= 11 is 3.35. The highest BCUT2D eigenvalue weighted by Crippen LogP contribution is 2.30. The van der Waals surface area contributed by atoms with Crippen LogP contribution in [-0.2, 0) is 17.0 Å². The Morgan fingerprint density at radius 3 is 2.85 bits per heavy atom. The lowest BCUT2D eigenvalue weighted by atomic mass is 10.2. The molecule has 0 aliphatic carbocycles. The van der Waals surface area contributed by atoms with Crippen LogP contribution in [0.5, 0.6) is 0 Å². The van der Waals surface area contributed by atoms with Crippen molar-refractivity contribution >= 4 is 23.1 Å². The third-order valence-corrected chi connectivity index (χ3v) is 6.22. The number of thioether (sulfide) groups is 1. The summed E-state index contributed by atoms with van der Waals surface area (Å²) in [6.07, 6.45) is 2.44. The normalized spacial score (nSPS) is 16.7. The standard InChI is InChI=1S/C19H18N4OS2/c20-11-14-5-7-15(8-6-14)13-26-19-22-21-18(17-4-2-10-25-17)23(19)12-16-3-1-9-24-16/h2,4-8,10,16H,1,3,9,12-13H2/t16-/m0/s1. The molecule has 0 N–H and O–H groups in total. The highest BCUT2D eigenvalue weighted by atomic mass is 32.2. The second kappa shape index (κ2) is 8.04. The quantitative estimate of drug-likeness (QED) is 0.593. The summed E-state index contributed by atoms with van der Waals surface area (Å²) in [4.78, 5) is 1.13. The molecular formula is C19H18N4OS2. The predicted molar refractivity (Wildman–Crippen MR) is 103 cm³/mol. The Balaban J connectivity index is 1.55. The Labute approximate surface area is 160 Å². The topological polar surface area (TPSA) is 63.7 Å². The van der Waals surface area contributed by atoms with Crippen molar-refractivity contribution in [1.29, 1.82) is 5.26 Å². The molecule has 0 unspecified atom stereocenters. The van der Waals surface area contributed by atoms with E-state index in [2.05, 4.69) is 32.3 Å². The van der Waals surface area contributed by atoms with E-state index in [0.717, 1.165) is 47.6 Å². The summed E-state index contributed by atoms with van der Waals surface area (Å²) in [5.41, 5.74) is 1.85. The maximum Gasteiger partial charge on any atom is 0.191 e. The smallest absolute Gasteiger partial charge is 0.191 e. The van der Waals surface area contributed by atoms with Gasteiger partial charge < -0.3 is 4.74 Å². The molecule has 1 saturated heterocycles. The number of rotatable bonds is 6. The first-order valence-corrected chi connectivity index (χ1v) is 10.4. The van der Waals surface area contributed by atoms with Crippen LogP contribution >= 0.6 is 23.1 Å². The highest BCUT2D eigenvalue weighted by Gasteiger charge is 2.22. The van der Waals surface area contributed by atoms with Gasteiger partial charge in [0.15, 0.2) is 11.0 Å². The molecule has 132 valence electrons. The van der Waals surface area contributed by atoms with Crippen LogP contribution in [-0.4, -0.2) is 27.5 Å². The van der Waals surface area contributed by atoms with Crippen molar-refractivity contribution in [1.82, 2.24) is 14.8 Å². The molecule has 26 heavy (non-hydrogen) atoms. The molecule has 0 radical (unpaired) electrons. The van der Waals surface area contributed by atoms with Crippen LogP contribution in [0, 0.1) is 11.3 Å². The zero-order chi connectivity index (χ0) is 17.8. The van der Waals surface area contributed by atoms with Crippen LogP contribution in [0.15, 0.2) is 46.9 Å². The van der Waals surface area contributed by atoms with Gasteiger partial charge in [-0.05, 0) is 42.0 Å². The Morgan fingerprint density at radius 2 is 2.15 bits per heavy atom. The minimum atomic E-state index is 0.235. The van der Waals surface area contributed by atoms with Crippen LogP contribution in [0.1, 0.15) is 24.0 Å². The molecule has 1 atom stereocenters. The fraction of sp³-hybridized carbons (Fsp3) is 0.316. The number of nitrogens with zero attached hydrogens (tertiary/aromatic N) is 4. The molecule has 4 rings (SSSR count). The van der Waals surface area contributed by atoms with E-state index in [1.807, 2.05) is 30.3 Å². The Bertz CT molecular complexity index is 891. The van der Waals surface area contributed by atoms with E-state index < -0.39 is 0 Å². The van der Waals surface area contributed by atoms with E-state index in [-0.39, 0.29) is 6.10 Å². The summed E-state index contributed by atoms with van der Waals surface area (Å²) in [5.74, 6) is 1.71. The molecule has 3 aromatic rings. The van der Waals surface area contributed by atoms with Gasteiger partial charge in [-0.2, -0.15) is 5.26 Å². The third kappa shape index (κ3) is 3.83. The van der Waals surface area contributed by atoms with Gasteiger partial charge in [-0.3, -0.25) is 4.57 Å². The second-order valence-corrected chi connectivity index (χ2v) is 8.02. The van der Waals surface area contributed by atoms with Gasteiger partial charge in [-0.1, -0.05) is 30.0 Å². The summed E-state index contributed by atoms with van der Waals surface area (Å²) in [6.45, 7) is 1.63. The predicted octanol–water partition coefficient (Wildman–Crippen LogP) is 4.35. The zero-order valence-electron chi connectivity index (χ0n) is 14.2. The minimum Gasteiger partial charge on any atom is -0.376 e. The Kier molecular flexibility index (Phi) is 5.34. The maximum atomic E-state index is 8.91. The molecule has 1 aromatic carbocycles. The SMILES string of the molecule is N#Cc1ccc(CSc2nnc(-c3cccs3)n2C[C@@H]2CCCO2)cc1. The van der Waals surface area contributed by atoms with Crippen molar-refractivity contribution in [3.05, 3.63) is 52.9 Å². The lowest BCUT2D eigenvalue weighted by Gasteiger charge is -2.14. The maximum absolute atomic E-state index is 8.91. The fourth-order valence-corrected chi connectivity index (χ4v) is 4.58. The average molecular weight is 383 g/mol. The van der Waals surface area contributed by atoms with Crippen molar-refractivity contribution in [2.45, 2.75) is 36.4 Å². The molecule has 3 heterocycles. The van der Waals surface area contributed by atoms with Gasteiger partial charge >= 0.3 is 0 Å². The van der Waals surface area contributed by atoms with E-state index >= 15 is 0 Å². The monoisotopic (exact) mass is 382 g/mol. The molecule has 7 heteroatoms. The molecule has 0 bridgehead atoms. The van der Waals surface area contributed by atoms with Crippen molar-refractivity contribution in [2.75, 3.05) is 6.61 Å². The van der Waals surface area contributed by atoms with E-state index in [4.69, 9.17) is 10.00 Å². The number of nitriles is 1. The Morgan fingerprint density at radius 1 is 1.27 bits per heavy atom. The number of aromatic nitrogens is 3. The first-order chi connectivity index (χ1) is 12.8. The lowest BCUT2D eigenvalue weighted by Crippen LogP contribution is -2.16. The first-order valence-electron chi connectivity index (χ1n) is 8.54. The van der Waals surface area contributed by atoms with Gasteiger partial charge in [0.25, 0.3) is 0 Å². The Hall–Kier alpha value is -2.14. The largest absolute Gasteiger partial charge is 0.376 e. The lowest BCUT2D eigenvalue weighted by molar-refractivity contribution is 0.0953. The number of hydrogen-bond donors (Lipinski definition) is 0. The van der Waals surface area contributed by atoms with Crippen molar-refractivity contribution < 1.29 is 4.74 Å². The van der Waals surface area contributed by atoms with Gasteiger partial charge in [0.1, 0.15) is 0 Å². The molecule has 1 fully saturated rings. The van der Waals surface area contributed by atoms with Crippen LogP contribution in [0.2, 0.25) is 0 Å². The third-order valence-electron chi connectivity index (χ3n) is 4.32. The summed E-state index contributed by atoms with van der Waals surface area (Å²) in [7, 11) is 0. The van der Waals surface area contributed by atoms with E-state index in [0.29, 0.717) is 5.56 Å². The van der Waals surface area contributed by atoms with Gasteiger partial charge in [-0.25, -0.2) is 0 Å². The van der Waals surface area contributed by atoms with Gasteiger partial charge in [-0.15, -0.1) is 21.5 Å². The molecule has 0 amide bonds. The number of ether oxygens (including phenoxy) is 1. The molecule has 0 spiro atoms. The van der Waals surface area contributed by atoms with Crippen molar-refractivity contribution in [2.24, 2.45) is 0 Å². The molecule has 5 nitrogen and oxygen atoms in total. The average Bonchev–Trinajstić information content (AvgIpc) is 3.43. The number of thiophene rings is 1. The number of benzene rings is 1. The first kappa shape index (κ1) is 17.3. The summed E-state index contributed by atoms with van der Waals surface area (Å²) in [5, 5.41) is 20.8. The van der Waals surface area contributed by atoms with Crippen LogP contribution < -0.4 is 0 Å². The number of hydrogen-bond acceptors (Lipinski definition) is 6. The molecule has 1 aliphatic rings. The molecule has 1 aliphatic heterocycles. The molecule has 0 saturated carbocycles. The van der Waals surface area contributed by atoms with Gasteiger partial charge in [0.2, 0.25) is 0 Å². The van der Waals surface area contributed by atoms with Crippen molar-refractivity contribution in [3.8, 4) is 16.8 Å². The van der Waals surface area contributed by atoms with Crippen LogP contribution in [0.25, 0.3) is 10.7 Å². The minimum absolute atomic E-state index is 0.235.